The maximum Gasteiger partial charge on any atom is 0.123 e. The van der Waals surface area contributed by atoms with E-state index in [9.17, 15) is 5.11 Å². The Morgan fingerprint density at radius 1 is 0.850 bits per heavy atom. The first kappa shape index (κ1) is 18.2. The molecule has 0 aliphatic heterocycles. The standard InChI is InChI=1S/C15H16O.2C2H6/c1-3-12-5-7-13(8-6-12)14-9-4-11(2)10-15(14)16;2*1-2/h4-10,16H,3H2,1-2H3;2*1-2H3. The third-order valence-electron chi connectivity index (χ3n) is 2.83. The number of phenols is 1. The van der Waals surface area contributed by atoms with Gasteiger partial charge in [-0.3, -0.25) is 0 Å². The minimum absolute atomic E-state index is 0.351. The summed E-state index contributed by atoms with van der Waals surface area (Å²) in [7, 11) is 0. The van der Waals surface area contributed by atoms with Crippen LogP contribution in [-0.2, 0) is 6.42 Å². The summed E-state index contributed by atoms with van der Waals surface area (Å²) >= 11 is 0. The van der Waals surface area contributed by atoms with Crippen LogP contribution in [0.1, 0.15) is 45.7 Å². The Morgan fingerprint density at radius 2 is 1.40 bits per heavy atom. The SMILES string of the molecule is CC.CC.CCc1ccc(-c2ccc(C)cc2O)cc1. The summed E-state index contributed by atoms with van der Waals surface area (Å²) in [6.45, 7) is 12.1. The van der Waals surface area contributed by atoms with Gasteiger partial charge in [0.05, 0.1) is 0 Å². The summed E-state index contributed by atoms with van der Waals surface area (Å²) < 4.78 is 0. The molecular formula is C19H28O. The molecule has 0 bridgehead atoms. The van der Waals surface area contributed by atoms with E-state index in [-0.39, 0.29) is 0 Å². The molecule has 0 aliphatic rings. The fourth-order valence-corrected chi connectivity index (χ4v) is 1.81. The molecule has 0 spiro atoms. The largest absolute Gasteiger partial charge is 0.507 e. The number of benzene rings is 2. The van der Waals surface area contributed by atoms with Crippen molar-refractivity contribution in [3.05, 3.63) is 53.6 Å². The highest BCUT2D eigenvalue weighted by atomic mass is 16.3. The molecule has 2 rings (SSSR count). The highest BCUT2D eigenvalue weighted by Gasteiger charge is 2.03. The van der Waals surface area contributed by atoms with E-state index in [2.05, 4.69) is 31.2 Å². The van der Waals surface area contributed by atoms with Crippen molar-refractivity contribution in [2.75, 3.05) is 0 Å². The van der Waals surface area contributed by atoms with Crippen molar-refractivity contribution in [1.82, 2.24) is 0 Å². The van der Waals surface area contributed by atoms with Crippen molar-refractivity contribution in [3.63, 3.8) is 0 Å². The van der Waals surface area contributed by atoms with Gasteiger partial charge in [0.1, 0.15) is 5.75 Å². The zero-order valence-corrected chi connectivity index (χ0v) is 13.7. The lowest BCUT2D eigenvalue weighted by Crippen LogP contribution is -1.83. The first-order valence-electron chi connectivity index (χ1n) is 7.59. The fourth-order valence-electron chi connectivity index (χ4n) is 1.81. The molecule has 2 aromatic rings. The molecule has 20 heavy (non-hydrogen) atoms. The second-order valence-corrected chi connectivity index (χ2v) is 4.07. The van der Waals surface area contributed by atoms with Gasteiger partial charge in [-0.25, -0.2) is 0 Å². The number of aryl methyl sites for hydroxylation is 2. The lowest BCUT2D eigenvalue weighted by Gasteiger charge is -2.06. The fraction of sp³-hybridized carbons (Fsp3) is 0.368. The Hall–Kier alpha value is -1.76. The molecule has 0 saturated heterocycles. The van der Waals surface area contributed by atoms with Gasteiger partial charge in [0.25, 0.3) is 0 Å². The van der Waals surface area contributed by atoms with Crippen molar-refractivity contribution in [2.24, 2.45) is 0 Å². The maximum atomic E-state index is 9.87. The molecule has 0 radical (unpaired) electrons. The second-order valence-electron chi connectivity index (χ2n) is 4.07. The predicted octanol–water partition coefficient (Wildman–Crippen LogP) is 5.98. The van der Waals surface area contributed by atoms with Crippen LogP contribution < -0.4 is 0 Å². The summed E-state index contributed by atoms with van der Waals surface area (Å²) in [5.74, 6) is 0.351. The van der Waals surface area contributed by atoms with Crippen molar-refractivity contribution >= 4 is 0 Å². The summed E-state index contributed by atoms with van der Waals surface area (Å²) in [6, 6.07) is 14.1. The highest BCUT2D eigenvalue weighted by molar-refractivity contribution is 5.70. The lowest BCUT2D eigenvalue weighted by molar-refractivity contribution is 0.477. The van der Waals surface area contributed by atoms with E-state index in [1.165, 1.54) is 5.56 Å². The molecule has 0 unspecified atom stereocenters. The van der Waals surface area contributed by atoms with Crippen molar-refractivity contribution in [2.45, 2.75) is 48.0 Å². The Bertz CT molecular complexity index is 484. The van der Waals surface area contributed by atoms with Crippen LogP contribution in [0, 0.1) is 6.92 Å². The molecule has 1 heteroatoms. The van der Waals surface area contributed by atoms with Crippen molar-refractivity contribution in [1.29, 1.82) is 0 Å². The van der Waals surface area contributed by atoms with Gasteiger partial charge in [-0.15, -0.1) is 0 Å². The van der Waals surface area contributed by atoms with E-state index in [0.717, 1.165) is 23.1 Å². The maximum absolute atomic E-state index is 9.87. The van der Waals surface area contributed by atoms with Crippen LogP contribution in [-0.4, -0.2) is 5.11 Å². The van der Waals surface area contributed by atoms with Crippen molar-refractivity contribution in [3.8, 4) is 16.9 Å². The molecule has 0 fully saturated rings. The third-order valence-corrected chi connectivity index (χ3v) is 2.83. The summed E-state index contributed by atoms with van der Waals surface area (Å²) in [4.78, 5) is 0. The Morgan fingerprint density at radius 3 is 1.85 bits per heavy atom. The second kappa shape index (κ2) is 10.1. The highest BCUT2D eigenvalue weighted by Crippen LogP contribution is 2.29. The predicted molar refractivity (Wildman–Crippen MR) is 90.4 cm³/mol. The molecule has 0 aromatic heterocycles. The topological polar surface area (TPSA) is 20.2 Å². The Labute approximate surface area is 124 Å². The van der Waals surface area contributed by atoms with Crippen LogP contribution in [0.2, 0.25) is 0 Å². The van der Waals surface area contributed by atoms with Gasteiger partial charge in [0.2, 0.25) is 0 Å². The Balaban J connectivity index is 0.000000829. The molecule has 0 saturated carbocycles. The van der Waals surface area contributed by atoms with E-state index < -0.39 is 0 Å². The van der Waals surface area contributed by atoms with E-state index >= 15 is 0 Å². The van der Waals surface area contributed by atoms with E-state index in [1.54, 1.807) is 6.07 Å². The monoisotopic (exact) mass is 272 g/mol. The molecule has 0 amide bonds. The molecule has 0 heterocycles. The van der Waals surface area contributed by atoms with Gasteiger partial charge in [0, 0.05) is 5.56 Å². The van der Waals surface area contributed by atoms with E-state index in [1.807, 2.05) is 46.8 Å². The number of hydrogen-bond donors (Lipinski definition) is 1. The lowest BCUT2D eigenvalue weighted by atomic mass is 10.0. The minimum Gasteiger partial charge on any atom is -0.507 e. The molecule has 1 nitrogen and oxygen atoms in total. The van der Waals surface area contributed by atoms with Gasteiger partial charge in [-0.2, -0.15) is 0 Å². The number of phenolic OH excluding ortho intramolecular Hbond substituents is 1. The zero-order valence-electron chi connectivity index (χ0n) is 13.7. The summed E-state index contributed by atoms with van der Waals surface area (Å²) in [5.41, 5.74) is 4.35. The summed E-state index contributed by atoms with van der Waals surface area (Å²) in [5, 5.41) is 9.87. The van der Waals surface area contributed by atoms with Gasteiger partial charge in [0.15, 0.2) is 0 Å². The first-order chi connectivity index (χ1) is 9.70. The zero-order chi connectivity index (χ0) is 15.5. The van der Waals surface area contributed by atoms with Gasteiger partial charge in [-0.05, 0) is 36.1 Å². The van der Waals surface area contributed by atoms with Gasteiger partial charge in [-0.1, -0.05) is 71.0 Å². The third kappa shape index (κ3) is 5.08. The van der Waals surface area contributed by atoms with E-state index in [0.29, 0.717) is 5.75 Å². The molecule has 0 atom stereocenters. The van der Waals surface area contributed by atoms with Crippen molar-refractivity contribution < 1.29 is 5.11 Å². The average Bonchev–Trinajstić information content (AvgIpc) is 2.51. The van der Waals surface area contributed by atoms with Crippen LogP contribution in [0.5, 0.6) is 5.75 Å². The minimum atomic E-state index is 0.351. The molecule has 2 aromatic carbocycles. The molecule has 0 aliphatic carbocycles. The molecular weight excluding hydrogens is 244 g/mol. The summed E-state index contributed by atoms with van der Waals surface area (Å²) in [6.07, 6.45) is 1.04. The molecule has 1 N–H and O–H groups in total. The van der Waals surface area contributed by atoms with Gasteiger partial charge < -0.3 is 5.11 Å². The Kier molecular flexibility index (Phi) is 9.19. The van der Waals surface area contributed by atoms with Crippen LogP contribution in [0.25, 0.3) is 11.1 Å². The first-order valence-corrected chi connectivity index (χ1v) is 7.59. The molecule has 110 valence electrons. The van der Waals surface area contributed by atoms with Crippen LogP contribution in [0.4, 0.5) is 0 Å². The smallest absolute Gasteiger partial charge is 0.123 e. The quantitative estimate of drug-likeness (QED) is 0.712. The normalized spacial score (nSPS) is 8.90. The van der Waals surface area contributed by atoms with Crippen LogP contribution in [0.3, 0.4) is 0 Å². The average molecular weight is 272 g/mol. The van der Waals surface area contributed by atoms with Crippen LogP contribution >= 0.6 is 0 Å². The van der Waals surface area contributed by atoms with E-state index in [4.69, 9.17) is 0 Å². The number of rotatable bonds is 2. The number of hydrogen-bond acceptors (Lipinski definition) is 1. The van der Waals surface area contributed by atoms with Gasteiger partial charge >= 0.3 is 0 Å². The van der Waals surface area contributed by atoms with Crippen LogP contribution in [0.15, 0.2) is 42.5 Å². The number of aromatic hydroxyl groups is 1.